The van der Waals surface area contributed by atoms with Crippen molar-refractivity contribution in [1.29, 1.82) is 5.26 Å². The first-order chi connectivity index (χ1) is 14.7. The van der Waals surface area contributed by atoms with Crippen molar-refractivity contribution in [1.82, 2.24) is 20.5 Å². The molecule has 2 saturated carbocycles. The number of nitriles is 1. The number of aromatic nitrogens is 1. The Balaban J connectivity index is 1.42. The van der Waals surface area contributed by atoms with Crippen LogP contribution in [0.3, 0.4) is 0 Å². The molecule has 31 heavy (non-hydrogen) atoms. The van der Waals surface area contributed by atoms with E-state index in [1.54, 1.807) is 4.90 Å². The van der Waals surface area contributed by atoms with Crippen molar-refractivity contribution in [2.24, 2.45) is 5.41 Å². The number of nitrogens with zero attached hydrogens (tertiary/aromatic N) is 3. The lowest BCUT2D eigenvalue weighted by molar-refractivity contribution is -0.126. The molecule has 3 aliphatic rings. The topological polar surface area (TPSA) is 98.1 Å². The molecule has 1 saturated heterocycles. The van der Waals surface area contributed by atoms with Crippen molar-refractivity contribution < 1.29 is 18.4 Å². The highest BCUT2D eigenvalue weighted by Crippen LogP contribution is 2.53. The second kappa shape index (κ2) is 8.06. The van der Waals surface area contributed by atoms with Crippen LogP contribution in [0.5, 0.6) is 0 Å². The largest absolute Gasteiger partial charge is 0.336 e. The van der Waals surface area contributed by atoms with Gasteiger partial charge in [-0.2, -0.15) is 5.26 Å². The summed E-state index contributed by atoms with van der Waals surface area (Å²) in [6.07, 6.45) is 6.62. The minimum Gasteiger partial charge on any atom is -0.336 e. The predicted octanol–water partition coefficient (Wildman–Crippen LogP) is 2.78. The number of pyridine rings is 1. The van der Waals surface area contributed by atoms with Crippen LogP contribution in [-0.4, -0.2) is 52.4 Å². The molecule has 3 fully saturated rings. The number of halogens is 2. The summed E-state index contributed by atoms with van der Waals surface area (Å²) < 4.78 is 29.6. The number of carbonyl (C=O) groups excluding carboxylic acids is 2. The quantitative estimate of drug-likeness (QED) is 0.694. The van der Waals surface area contributed by atoms with E-state index in [0.717, 1.165) is 12.8 Å². The monoisotopic (exact) mass is 431 g/mol. The first-order valence-electron chi connectivity index (χ1n) is 10.8. The first kappa shape index (κ1) is 21.5. The van der Waals surface area contributed by atoms with Crippen LogP contribution in [0, 0.1) is 16.7 Å². The lowest BCUT2D eigenvalue weighted by Crippen LogP contribution is -2.56. The molecule has 1 aromatic rings. The highest BCUT2D eigenvalue weighted by atomic mass is 19.3. The van der Waals surface area contributed by atoms with E-state index in [9.17, 15) is 23.6 Å². The van der Waals surface area contributed by atoms with Crippen molar-refractivity contribution in [2.75, 3.05) is 13.1 Å². The van der Waals surface area contributed by atoms with Crippen LogP contribution in [0.2, 0.25) is 0 Å². The zero-order valence-electron chi connectivity index (χ0n) is 17.4. The second-order valence-electron chi connectivity index (χ2n) is 9.26. The minimum absolute atomic E-state index is 0.371. The summed E-state index contributed by atoms with van der Waals surface area (Å²) in [6.45, 7) is 1.13. The van der Waals surface area contributed by atoms with Gasteiger partial charge in [-0.1, -0.05) is 0 Å². The number of urea groups is 1. The Morgan fingerprint density at radius 2 is 1.81 bits per heavy atom. The van der Waals surface area contributed by atoms with Gasteiger partial charge >= 0.3 is 6.03 Å². The van der Waals surface area contributed by atoms with Gasteiger partial charge in [-0.05, 0) is 61.6 Å². The van der Waals surface area contributed by atoms with Gasteiger partial charge in [-0.3, -0.25) is 9.78 Å². The average Bonchev–Trinajstić information content (AvgIpc) is 3.67. The standard InChI is InChI=1S/C22H27F2N5O2/c23-22(24,13-16-1-9-26-10-2-16)14-17(18(30)28-21(15-25)5-6-21)27-19(31)29-11-7-20(3-4-20)8-12-29/h1-2,9-10,17H,3-8,11-14H2,(H,27,31)(H,28,30). The Bertz CT molecular complexity index is 868. The van der Waals surface area contributed by atoms with Gasteiger partial charge in [-0.25, -0.2) is 13.6 Å². The lowest BCUT2D eigenvalue weighted by atomic mass is 9.94. The maximum absolute atomic E-state index is 14.8. The molecule has 1 atom stereocenters. The van der Waals surface area contributed by atoms with E-state index in [2.05, 4.69) is 15.6 Å². The molecule has 2 heterocycles. The fraction of sp³-hybridized carbons (Fsp3) is 0.636. The fourth-order valence-electron chi connectivity index (χ4n) is 4.19. The summed E-state index contributed by atoms with van der Waals surface area (Å²) in [5, 5.41) is 14.3. The molecule has 2 aliphatic carbocycles. The molecule has 0 aromatic carbocycles. The van der Waals surface area contributed by atoms with Crippen molar-refractivity contribution >= 4 is 11.9 Å². The van der Waals surface area contributed by atoms with Gasteiger partial charge in [0.25, 0.3) is 5.92 Å². The molecule has 4 rings (SSSR count). The molecule has 1 unspecified atom stereocenters. The van der Waals surface area contributed by atoms with Crippen LogP contribution in [0.15, 0.2) is 24.5 Å². The van der Waals surface area contributed by atoms with Crippen LogP contribution in [-0.2, 0) is 11.2 Å². The first-order valence-corrected chi connectivity index (χ1v) is 10.8. The Kier molecular flexibility index (Phi) is 5.58. The van der Waals surface area contributed by atoms with E-state index in [-0.39, 0.29) is 0 Å². The maximum atomic E-state index is 14.8. The summed E-state index contributed by atoms with van der Waals surface area (Å²) in [5.41, 5.74) is -0.229. The number of likely N-dealkylation sites (tertiary alicyclic amines) is 1. The highest BCUT2D eigenvalue weighted by Gasteiger charge is 2.48. The SMILES string of the molecule is N#CC1(NC(=O)C(CC(F)(F)Cc2ccncc2)NC(=O)N2CCC3(CC2)CC3)CC1. The summed E-state index contributed by atoms with van der Waals surface area (Å²) in [7, 11) is 0. The zero-order valence-corrected chi connectivity index (χ0v) is 17.4. The molecule has 1 spiro atoms. The van der Waals surface area contributed by atoms with Crippen LogP contribution in [0.25, 0.3) is 0 Å². The molecule has 2 N–H and O–H groups in total. The second-order valence-corrected chi connectivity index (χ2v) is 9.26. The number of hydrogen-bond donors (Lipinski definition) is 2. The lowest BCUT2D eigenvalue weighted by Gasteiger charge is -2.34. The van der Waals surface area contributed by atoms with E-state index < -0.39 is 42.3 Å². The van der Waals surface area contributed by atoms with Gasteiger partial charge in [-0.15, -0.1) is 0 Å². The Morgan fingerprint density at radius 3 is 2.35 bits per heavy atom. The molecule has 3 amide bonds. The Morgan fingerprint density at radius 1 is 1.16 bits per heavy atom. The molecule has 166 valence electrons. The number of piperidine rings is 1. The third-order valence-electron chi connectivity index (χ3n) is 6.72. The van der Waals surface area contributed by atoms with Crippen molar-refractivity contribution in [3.63, 3.8) is 0 Å². The van der Waals surface area contributed by atoms with E-state index >= 15 is 0 Å². The van der Waals surface area contributed by atoms with Gasteiger partial charge in [0.15, 0.2) is 0 Å². The molecule has 9 heteroatoms. The van der Waals surface area contributed by atoms with Crippen molar-refractivity contribution in [3.05, 3.63) is 30.1 Å². The van der Waals surface area contributed by atoms with Crippen LogP contribution in [0.1, 0.15) is 50.5 Å². The number of rotatable bonds is 7. The smallest absolute Gasteiger partial charge is 0.318 e. The third kappa shape index (κ3) is 5.30. The van der Waals surface area contributed by atoms with E-state index in [4.69, 9.17) is 0 Å². The molecule has 1 aromatic heterocycles. The molecule has 7 nitrogen and oxygen atoms in total. The van der Waals surface area contributed by atoms with Gasteiger partial charge in [0.05, 0.1) is 6.07 Å². The summed E-state index contributed by atoms with van der Waals surface area (Å²) in [6, 6.07) is 3.09. The molecule has 0 radical (unpaired) electrons. The number of alkyl halides is 2. The zero-order chi connectivity index (χ0) is 22.1. The number of carbonyl (C=O) groups is 2. The average molecular weight is 431 g/mol. The van der Waals surface area contributed by atoms with Gasteiger partial charge < -0.3 is 15.5 Å². The normalized spacial score (nSPS) is 21.6. The minimum atomic E-state index is -3.22. The van der Waals surface area contributed by atoms with E-state index in [0.29, 0.717) is 36.9 Å². The fourth-order valence-corrected chi connectivity index (χ4v) is 4.19. The molecule has 1 aliphatic heterocycles. The van der Waals surface area contributed by atoms with Gasteiger partial charge in [0.1, 0.15) is 11.6 Å². The number of nitrogens with one attached hydrogen (secondary N) is 2. The van der Waals surface area contributed by atoms with Crippen molar-refractivity contribution in [3.8, 4) is 6.07 Å². The number of amides is 3. The van der Waals surface area contributed by atoms with Crippen molar-refractivity contribution in [2.45, 2.75) is 68.9 Å². The van der Waals surface area contributed by atoms with Crippen LogP contribution in [0.4, 0.5) is 13.6 Å². The summed E-state index contributed by atoms with van der Waals surface area (Å²) in [5.74, 6) is -3.96. The van der Waals surface area contributed by atoms with E-state index in [1.807, 2.05) is 6.07 Å². The third-order valence-corrected chi connectivity index (χ3v) is 6.72. The van der Waals surface area contributed by atoms with Gasteiger partial charge in [0.2, 0.25) is 5.91 Å². The maximum Gasteiger partial charge on any atom is 0.318 e. The highest BCUT2D eigenvalue weighted by molar-refractivity contribution is 5.88. The number of hydrogen-bond acceptors (Lipinski definition) is 4. The predicted molar refractivity (Wildman–Crippen MR) is 108 cm³/mol. The summed E-state index contributed by atoms with van der Waals surface area (Å²) >= 11 is 0. The Hall–Kier alpha value is -2.76. The molecule has 0 bridgehead atoms. The summed E-state index contributed by atoms with van der Waals surface area (Å²) in [4.78, 5) is 31.0. The molecular weight excluding hydrogens is 404 g/mol. The Labute approximate surface area is 180 Å². The van der Waals surface area contributed by atoms with Crippen LogP contribution >= 0.6 is 0 Å². The van der Waals surface area contributed by atoms with Gasteiger partial charge in [0, 0.05) is 38.3 Å². The molecular formula is C22H27F2N5O2. The van der Waals surface area contributed by atoms with E-state index in [1.165, 1.54) is 37.4 Å². The van der Waals surface area contributed by atoms with Crippen LogP contribution < -0.4 is 10.6 Å².